The molecule has 0 spiro atoms. The van der Waals surface area contributed by atoms with Gasteiger partial charge >= 0.3 is 12.1 Å². The molecule has 2 bridgehead atoms. The van der Waals surface area contributed by atoms with Crippen molar-refractivity contribution < 1.29 is 23.1 Å². The second kappa shape index (κ2) is 4.58. The molecule has 0 aromatic heterocycles. The van der Waals surface area contributed by atoms with Gasteiger partial charge in [0.05, 0.1) is 0 Å². The molecule has 3 N–H and O–H groups in total. The van der Waals surface area contributed by atoms with Crippen molar-refractivity contribution in [1.29, 1.82) is 0 Å². The fourth-order valence-corrected chi connectivity index (χ4v) is 1.94. The third-order valence-electron chi connectivity index (χ3n) is 2.75. The molecule has 2 rings (SSSR count). The number of fused-ring (bicyclic) bond motifs is 2. The van der Waals surface area contributed by atoms with Crippen LogP contribution in [0.15, 0.2) is 0 Å². The highest BCUT2D eigenvalue weighted by Crippen LogP contribution is 2.24. The zero-order valence-corrected chi connectivity index (χ0v) is 8.90. The molecule has 2 unspecified atom stereocenters. The number of carbonyl (C=O) groups is 1. The highest BCUT2D eigenvalue weighted by molar-refractivity contribution is 5.73. The van der Waals surface area contributed by atoms with Gasteiger partial charge in [0.2, 0.25) is 0 Å². The van der Waals surface area contributed by atoms with E-state index in [1.807, 2.05) is 0 Å². The van der Waals surface area contributed by atoms with Crippen LogP contribution in [0, 0.1) is 0 Å². The number of carboxylic acids is 1. The first-order valence-electron chi connectivity index (χ1n) is 5.01. The van der Waals surface area contributed by atoms with Crippen LogP contribution in [0.4, 0.5) is 13.2 Å². The van der Waals surface area contributed by atoms with Gasteiger partial charge in [-0.25, -0.2) is 4.79 Å². The second-order valence-electron chi connectivity index (χ2n) is 4.37. The molecule has 7 heteroatoms. The van der Waals surface area contributed by atoms with Gasteiger partial charge in [0.1, 0.15) is 0 Å². The number of piperazine rings is 1. The van der Waals surface area contributed by atoms with Crippen LogP contribution in [0.5, 0.6) is 0 Å². The first kappa shape index (κ1) is 13.2. The lowest BCUT2D eigenvalue weighted by Crippen LogP contribution is -2.56. The van der Waals surface area contributed by atoms with Crippen molar-refractivity contribution in [2.75, 3.05) is 13.1 Å². The summed E-state index contributed by atoms with van der Waals surface area (Å²) in [5.74, 6) is -2.76. The largest absolute Gasteiger partial charge is 0.490 e. The van der Waals surface area contributed by atoms with Crippen LogP contribution in [0.25, 0.3) is 0 Å². The molecule has 0 radical (unpaired) electrons. The van der Waals surface area contributed by atoms with E-state index in [4.69, 9.17) is 9.90 Å². The van der Waals surface area contributed by atoms with E-state index in [1.165, 1.54) is 19.4 Å². The SMILES string of the molecule is CC12CCC(CNC1)N2.O=C(O)C(F)(F)F. The minimum absolute atomic E-state index is 0.433. The van der Waals surface area contributed by atoms with Crippen molar-refractivity contribution in [2.24, 2.45) is 0 Å². The molecule has 94 valence electrons. The summed E-state index contributed by atoms with van der Waals surface area (Å²) in [7, 11) is 0. The monoisotopic (exact) mass is 240 g/mol. The van der Waals surface area contributed by atoms with E-state index >= 15 is 0 Å². The van der Waals surface area contributed by atoms with E-state index in [9.17, 15) is 13.2 Å². The molecule has 0 aliphatic carbocycles. The summed E-state index contributed by atoms with van der Waals surface area (Å²) in [6, 6.07) is 0.767. The smallest absolute Gasteiger partial charge is 0.475 e. The van der Waals surface area contributed by atoms with Crippen molar-refractivity contribution >= 4 is 5.97 Å². The molecule has 0 saturated carbocycles. The van der Waals surface area contributed by atoms with Gasteiger partial charge in [-0.1, -0.05) is 0 Å². The van der Waals surface area contributed by atoms with Gasteiger partial charge < -0.3 is 15.7 Å². The summed E-state index contributed by atoms with van der Waals surface area (Å²) in [4.78, 5) is 8.90. The predicted molar refractivity (Wildman–Crippen MR) is 51.1 cm³/mol. The van der Waals surface area contributed by atoms with Crippen molar-refractivity contribution in [3.63, 3.8) is 0 Å². The van der Waals surface area contributed by atoms with Crippen molar-refractivity contribution in [1.82, 2.24) is 10.6 Å². The van der Waals surface area contributed by atoms with Crippen LogP contribution < -0.4 is 10.6 Å². The number of halogens is 3. The normalized spacial score (nSPS) is 32.9. The quantitative estimate of drug-likeness (QED) is 0.584. The molecular formula is C9H15F3N2O2. The Morgan fingerprint density at radius 3 is 2.44 bits per heavy atom. The van der Waals surface area contributed by atoms with Crippen molar-refractivity contribution in [3.8, 4) is 0 Å². The number of alkyl halides is 3. The summed E-state index contributed by atoms with van der Waals surface area (Å²) in [6.07, 6.45) is -2.37. The van der Waals surface area contributed by atoms with Crippen molar-refractivity contribution in [3.05, 3.63) is 0 Å². The minimum Gasteiger partial charge on any atom is -0.475 e. The number of rotatable bonds is 0. The molecule has 2 aliphatic heterocycles. The summed E-state index contributed by atoms with van der Waals surface area (Å²) in [5.41, 5.74) is 0.433. The Hall–Kier alpha value is -0.820. The Balaban J connectivity index is 0.000000168. The number of aliphatic carboxylic acids is 1. The lowest BCUT2D eigenvalue weighted by atomic mass is 10.0. The Bertz CT molecular complexity index is 266. The minimum atomic E-state index is -5.08. The van der Waals surface area contributed by atoms with E-state index < -0.39 is 12.1 Å². The number of carboxylic acid groups (broad SMARTS) is 1. The molecule has 0 aromatic carbocycles. The standard InChI is InChI=1S/C7H14N2.C2HF3O2/c1-7-3-2-6(9-7)4-8-5-7;3-2(4,5)1(6)7/h6,8-9H,2-5H2,1H3;(H,6,7). The zero-order chi connectivity index (χ0) is 12.4. The highest BCUT2D eigenvalue weighted by Gasteiger charge is 2.38. The van der Waals surface area contributed by atoms with Gasteiger partial charge in [0.15, 0.2) is 0 Å². The Morgan fingerprint density at radius 2 is 2.06 bits per heavy atom. The topological polar surface area (TPSA) is 61.4 Å². The maximum absolute atomic E-state index is 10.6. The zero-order valence-electron chi connectivity index (χ0n) is 8.90. The van der Waals surface area contributed by atoms with Crippen LogP contribution in [0.1, 0.15) is 19.8 Å². The van der Waals surface area contributed by atoms with Crippen LogP contribution in [-0.2, 0) is 4.79 Å². The van der Waals surface area contributed by atoms with Gasteiger partial charge in [-0.3, -0.25) is 0 Å². The number of hydrogen-bond donors (Lipinski definition) is 3. The summed E-state index contributed by atoms with van der Waals surface area (Å²) >= 11 is 0. The molecule has 16 heavy (non-hydrogen) atoms. The molecule has 2 saturated heterocycles. The maximum atomic E-state index is 10.6. The molecule has 2 heterocycles. The predicted octanol–water partition coefficient (Wildman–Crippen LogP) is 0.734. The fraction of sp³-hybridized carbons (Fsp3) is 0.889. The van der Waals surface area contributed by atoms with Gasteiger partial charge in [-0.15, -0.1) is 0 Å². The van der Waals surface area contributed by atoms with Crippen LogP contribution in [0.3, 0.4) is 0 Å². The van der Waals surface area contributed by atoms with E-state index in [0.29, 0.717) is 5.54 Å². The molecule has 2 aliphatic rings. The fourth-order valence-electron chi connectivity index (χ4n) is 1.94. The molecule has 2 atom stereocenters. The lowest BCUT2D eigenvalue weighted by molar-refractivity contribution is -0.192. The summed E-state index contributed by atoms with van der Waals surface area (Å²) < 4.78 is 31.7. The third-order valence-corrected chi connectivity index (χ3v) is 2.75. The van der Waals surface area contributed by atoms with E-state index in [1.54, 1.807) is 0 Å². The van der Waals surface area contributed by atoms with Crippen LogP contribution in [-0.4, -0.2) is 41.9 Å². The lowest BCUT2D eigenvalue weighted by Gasteiger charge is -2.31. The average molecular weight is 240 g/mol. The summed E-state index contributed by atoms with van der Waals surface area (Å²) in [5, 5.41) is 14.2. The van der Waals surface area contributed by atoms with Crippen molar-refractivity contribution in [2.45, 2.75) is 37.5 Å². The molecule has 0 aromatic rings. The van der Waals surface area contributed by atoms with Gasteiger partial charge in [0, 0.05) is 24.7 Å². The molecule has 0 amide bonds. The van der Waals surface area contributed by atoms with E-state index in [2.05, 4.69) is 17.6 Å². The molecule has 4 nitrogen and oxygen atoms in total. The first-order chi connectivity index (χ1) is 7.23. The number of nitrogens with one attached hydrogen (secondary N) is 2. The summed E-state index contributed by atoms with van der Waals surface area (Å²) in [6.45, 7) is 4.64. The molecular weight excluding hydrogens is 225 g/mol. The van der Waals surface area contributed by atoms with Crippen LogP contribution in [0.2, 0.25) is 0 Å². The van der Waals surface area contributed by atoms with Gasteiger partial charge in [-0.05, 0) is 19.8 Å². The Morgan fingerprint density at radius 1 is 1.50 bits per heavy atom. The number of hydrogen-bond acceptors (Lipinski definition) is 3. The Kier molecular flexibility index (Phi) is 3.80. The van der Waals surface area contributed by atoms with E-state index in [-0.39, 0.29) is 0 Å². The second-order valence-corrected chi connectivity index (χ2v) is 4.37. The average Bonchev–Trinajstić information content (AvgIpc) is 2.39. The highest BCUT2D eigenvalue weighted by atomic mass is 19.4. The Labute approximate surface area is 91.2 Å². The molecule has 2 fully saturated rings. The third kappa shape index (κ3) is 3.64. The van der Waals surface area contributed by atoms with Crippen LogP contribution >= 0.6 is 0 Å². The van der Waals surface area contributed by atoms with Gasteiger partial charge in [-0.2, -0.15) is 13.2 Å². The first-order valence-corrected chi connectivity index (χ1v) is 5.01. The maximum Gasteiger partial charge on any atom is 0.490 e. The van der Waals surface area contributed by atoms with Gasteiger partial charge in [0.25, 0.3) is 0 Å². The van der Waals surface area contributed by atoms with E-state index in [0.717, 1.165) is 12.6 Å².